The number of para-hydroxylation sites is 1. The number of halogens is 1. The van der Waals surface area contributed by atoms with E-state index in [1.54, 1.807) is 18.2 Å². The van der Waals surface area contributed by atoms with Crippen LogP contribution in [-0.4, -0.2) is 26.0 Å². The molecule has 1 saturated carbocycles. The zero-order chi connectivity index (χ0) is 13.4. The first kappa shape index (κ1) is 14.6. The number of nitrogens with one attached hydrogen (secondary N) is 1. The lowest BCUT2D eigenvalue weighted by atomic mass is 9.94. The summed E-state index contributed by atoms with van der Waals surface area (Å²) in [5, 5.41) is 3.00. The first-order valence-corrected chi connectivity index (χ1v) is 6.17. The van der Waals surface area contributed by atoms with Gasteiger partial charge in [-0.25, -0.2) is 4.39 Å². The summed E-state index contributed by atoms with van der Waals surface area (Å²) < 4.78 is 17.1. The molecule has 0 heterocycles. The number of rotatable bonds is 2. The Balaban J connectivity index is 0.000000180. The van der Waals surface area contributed by atoms with Crippen molar-refractivity contribution in [3.05, 3.63) is 30.1 Å². The Kier molecular flexibility index (Phi) is 6.36. The Morgan fingerprint density at radius 3 is 2.50 bits per heavy atom. The van der Waals surface area contributed by atoms with E-state index in [0.29, 0.717) is 5.78 Å². The van der Waals surface area contributed by atoms with Crippen molar-refractivity contribution >= 4 is 5.78 Å². The fourth-order valence-corrected chi connectivity index (χ4v) is 1.90. The second-order valence-electron chi connectivity index (χ2n) is 4.19. The van der Waals surface area contributed by atoms with Gasteiger partial charge in [0.05, 0.1) is 13.2 Å². The van der Waals surface area contributed by atoms with Crippen LogP contribution in [0.5, 0.6) is 5.75 Å². The molecule has 100 valence electrons. The number of methoxy groups -OCH3 is 1. The normalized spacial score (nSPS) is 18.8. The molecule has 0 radical (unpaired) electrons. The number of hydrogen-bond acceptors (Lipinski definition) is 3. The van der Waals surface area contributed by atoms with E-state index in [-0.39, 0.29) is 17.6 Å². The first-order chi connectivity index (χ1) is 8.69. The fourth-order valence-electron chi connectivity index (χ4n) is 1.90. The van der Waals surface area contributed by atoms with Gasteiger partial charge in [0.25, 0.3) is 0 Å². The minimum Gasteiger partial charge on any atom is -0.494 e. The van der Waals surface area contributed by atoms with Crippen LogP contribution in [0.3, 0.4) is 0 Å². The molecule has 0 aromatic heterocycles. The summed E-state index contributed by atoms with van der Waals surface area (Å²) in [6.07, 6.45) is 4.12. The SMILES string of the molecule is CNC1CCCCC1=O.COc1ccccc1F. The molecule has 0 aliphatic heterocycles. The Morgan fingerprint density at radius 1 is 1.33 bits per heavy atom. The third kappa shape index (κ3) is 4.45. The van der Waals surface area contributed by atoms with Crippen molar-refractivity contribution in [2.24, 2.45) is 0 Å². The Labute approximate surface area is 107 Å². The molecule has 1 aliphatic carbocycles. The van der Waals surface area contributed by atoms with E-state index < -0.39 is 0 Å². The summed E-state index contributed by atoms with van der Waals surface area (Å²) in [5.41, 5.74) is 0. The monoisotopic (exact) mass is 253 g/mol. The van der Waals surface area contributed by atoms with E-state index in [9.17, 15) is 9.18 Å². The molecular formula is C14H20FNO2. The zero-order valence-electron chi connectivity index (χ0n) is 10.9. The molecular weight excluding hydrogens is 233 g/mol. The molecule has 0 amide bonds. The Morgan fingerprint density at radius 2 is 2.06 bits per heavy atom. The molecule has 1 atom stereocenters. The smallest absolute Gasteiger partial charge is 0.165 e. The minimum atomic E-state index is -0.319. The molecule has 1 aromatic carbocycles. The average Bonchev–Trinajstić information content (AvgIpc) is 2.41. The van der Waals surface area contributed by atoms with Gasteiger partial charge in [-0.3, -0.25) is 4.79 Å². The number of likely N-dealkylation sites (N-methyl/N-ethyl adjacent to an activating group) is 1. The van der Waals surface area contributed by atoms with E-state index in [1.807, 2.05) is 7.05 Å². The molecule has 0 bridgehead atoms. The molecule has 18 heavy (non-hydrogen) atoms. The number of carbonyl (C=O) groups is 1. The maximum atomic E-state index is 12.5. The van der Waals surface area contributed by atoms with Crippen LogP contribution < -0.4 is 10.1 Å². The van der Waals surface area contributed by atoms with Crippen molar-refractivity contribution in [2.75, 3.05) is 14.2 Å². The number of ether oxygens (including phenoxy) is 1. The van der Waals surface area contributed by atoms with Gasteiger partial charge in [-0.2, -0.15) is 0 Å². The van der Waals surface area contributed by atoms with Crippen LogP contribution in [-0.2, 0) is 4.79 Å². The van der Waals surface area contributed by atoms with Crippen molar-refractivity contribution in [2.45, 2.75) is 31.7 Å². The average molecular weight is 253 g/mol. The topological polar surface area (TPSA) is 38.3 Å². The van der Waals surface area contributed by atoms with Crippen LogP contribution >= 0.6 is 0 Å². The van der Waals surface area contributed by atoms with Crippen molar-refractivity contribution in [1.29, 1.82) is 0 Å². The molecule has 1 N–H and O–H groups in total. The maximum Gasteiger partial charge on any atom is 0.165 e. The highest BCUT2D eigenvalue weighted by atomic mass is 19.1. The molecule has 2 rings (SSSR count). The van der Waals surface area contributed by atoms with Gasteiger partial charge in [0, 0.05) is 6.42 Å². The highest BCUT2D eigenvalue weighted by Crippen LogP contribution is 2.14. The predicted octanol–water partition coefficient (Wildman–Crippen LogP) is 2.55. The minimum absolute atomic E-state index is 0.166. The van der Waals surface area contributed by atoms with Gasteiger partial charge in [-0.15, -0.1) is 0 Å². The number of Topliss-reactive ketones (excluding diaryl/α,β-unsaturated/α-hetero) is 1. The molecule has 4 heteroatoms. The summed E-state index contributed by atoms with van der Waals surface area (Å²) in [7, 11) is 3.30. The summed E-state index contributed by atoms with van der Waals surface area (Å²) in [6.45, 7) is 0. The van der Waals surface area contributed by atoms with Crippen molar-refractivity contribution < 1.29 is 13.9 Å². The number of benzene rings is 1. The van der Waals surface area contributed by atoms with Crippen LogP contribution in [0.4, 0.5) is 4.39 Å². The molecule has 1 aromatic rings. The standard InChI is InChI=1S/C7H7FO.C7H13NO/c1-9-7-5-3-2-4-6(7)8;1-8-6-4-2-3-5-7(6)9/h2-5H,1H3;6,8H,2-5H2,1H3. The Hall–Kier alpha value is -1.42. The number of carbonyl (C=O) groups excluding carboxylic acids is 1. The van der Waals surface area contributed by atoms with Crippen LogP contribution in [0.2, 0.25) is 0 Å². The molecule has 0 spiro atoms. The molecule has 1 fully saturated rings. The molecule has 1 aliphatic rings. The molecule has 0 saturated heterocycles. The summed E-state index contributed by atoms with van der Waals surface area (Å²) >= 11 is 0. The number of hydrogen-bond donors (Lipinski definition) is 1. The second-order valence-corrected chi connectivity index (χ2v) is 4.19. The third-order valence-corrected chi connectivity index (χ3v) is 2.96. The van der Waals surface area contributed by atoms with Gasteiger partial charge in [-0.1, -0.05) is 18.6 Å². The quantitative estimate of drug-likeness (QED) is 0.880. The van der Waals surface area contributed by atoms with Gasteiger partial charge >= 0.3 is 0 Å². The van der Waals surface area contributed by atoms with Crippen molar-refractivity contribution in [3.8, 4) is 5.75 Å². The summed E-state index contributed by atoms with van der Waals surface area (Å²) in [5.74, 6) is 0.362. The van der Waals surface area contributed by atoms with E-state index >= 15 is 0 Å². The van der Waals surface area contributed by atoms with Crippen molar-refractivity contribution in [1.82, 2.24) is 5.32 Å². The zero-order valence-corrected chi connectivity index (χ0v) is 10.9. The fraction of sp³-hybridized carbons (Fsp3) is 0.500. The number of ketones is 1. The van der Waals surface area contributed by atoms with Gasteiger partial charge < -0.3 is 10.1 Å². The van der Waals surface area contributed by atoms with E-state index in [0.717, 1.165) is 19.3 Å². The Bertz CT molecular complexity index is 382. The molecule has 1 unspecified atom stereocenters. The van der Waals surface area contributed by atoms with Crippen LogP contribution in [0, 0.1) is 5.82 Å². The van der Waals surface area contributed by atoms with Crippen LogP contribution in [0.15, 0.2) is 24.3 Å². The third-order valence-electron chi connectivity index (χ3n) is 2.96. The second kappa shape index (κ2) is 7.82. The lowest BCUT2D eigenvalue weighted by molar-refractivity contribution is -0.122. The van der Waals surface area contributed by atoms with Gasteiger partial charge in [0.1, 0.15) is 5.78 Å². The highest BCUT2D eigenvalue weighted by Gasteiger charge is 2.19. The van der Waals surface area contributed by atoms with Crippen molar-refractivity contribution in [3.63, 3.8) is 0 Å². The lowest BCUT2D eigenvalue weighted by Crippen LogP contribution is -2.36. The van der Waals surface area contributed by atoms with Gasteiger partial charge in [-0.05, 0) is 32.0 Å². The highest BCUT2D eigenvalue weighted by molar-refractivity contribution is 5.84. The predicted molar refractivity (Wildman–Crippen MR) is 69.3 cm³/mol. The van der Waals surface area contributed by atoms with E-state index in [1.165, 1.54) is 19.6 Å². The van der Waals surface area contributed by atoms with E-state index in [4.69, 9.17) is 0 Å². The van der Waals surface area contributed by atoms with Crippen LogP contribution in [0.25, 0.3) is 0 Å². The largest absolute Gasteiger partial charge is 0.494 e. The maximum absolute atomic E-state index is 12.5. The lowest BCUT2D eigenvalue weighted by Gasteiger charge is -2.18. The van der Waals surface area contributed by atoms with E-state index in [2.05, 4.69) is 10.1 Å². The van der Waals surface area contributed by atoms with Gasteiger partial charge in [0.15, 0.2) is 11.6 Å². The van der Waals surface area contributed by atoms with Gasteiger partial charge in [0.2, 0.25) is 0 Å². The first-order valence-electron chi connectivity index (χ1n) is 6.17. The summed E-state index contributed by atoms with van der Waals surface area (Å²) in [4.78, 5) is 11.0. The summed E-state index contributed by atoms with van der Waals surface area (Å²) in [6, 6.07) is 6.45. The molecule has 3 nitrogen and oxygen atoms in total. The van der Waals surface area contributed by atoms with Crippen LogP contribution in [0.1, 0.15) is 25.7 Å².